The molecule has 0 spiro atoms. The first-order chi connectivity index (χ1) is 5.30. The summed E-state index contributed by atoms with van der Waals surface area (Å²) in [5.41, 5.74) is -0.681. The molecule has 2 nitrogen and oxygen atoms in total. The summed E-state index contributed by atoms with van der Waals surface area (Å²) < 4.78 is 0. The molecule has 2 rings (SSSR count). The van der Waals surface area contributed by atoms with E-state index >= 15 is 0 Å². The smallest absolute Gasteiger partial charge is 0.150 e. The molecule has 0 N–H and O–H groups in total. The molecule has 0 aliphatic heterocycles. The molecule has 2 unspecified atom stereocenters. The van der Waals surface area contributed by atoms with Crippen molar-refractivity contribution in [1.29, 1.82) is 10.5 Å². The Hall–Kier alpha value is -1.28. The lowest BCUT2D eigenvalue weighted by atomic mass is 9.79. The van der Waals surface area contributed by atoms with Crippen LogP contribution in [0.25, 0.3) is 0 Å². The lowest BCUT2D eigenvalue weighted by Gasteiger charge is -2.18. The molecule has 0 amide bonds. The minimum atomic E-state index is -0.681. The van der Waals surface area contributed by atoms with Gasteiger partial charge < -0.3 is 0 Å². The van der Waals surface area contributed by atoms with Gasteiger partial charge in [0.05, 0.1) is 12.1 Å². The summed E-state index contributed by atoms with van der Waals surface area (Å²) in [6.07, 6.45) is 5.93. The van der Waals surface area contributed by atoms with E-state index in [1.807, 2.05) is 6.08 Å². The van der Waals surface area contributed by atoms with Crippen LogP contribution in [-0.4, -0.2) is 0 Å². The van der Waals surface area contributed by atoms with Crippen molar-refractivity contribution in [2.45, 2.75) is 12.8 Å². The fourth-order valence-electron chi connectivity index (χ4n) is 2.14. The highest BCUT2D eigenvalue weighted by Crippen LogP contribution is 2.51. The van der Waals surface area contributed by atoms with E-state index in [1.54, 1.807) is 0 Å². The Morgan fingerprint density at radius 1 is 1.27 bits per heavy atom. The Bertz CT molecular complexity index is 276. The molecule has 11 heavy (non-hydrogen) atoms. The maximum absolute atomic E-state index is 8.83. The van der Waals surface area contributed by atoms with Gasteiger partial charge in [-0.2, -0.15) is 10.5 Å². The normalized spacial score (nSPS) is 36.5. The third-order valence-electron chi connectivity index (χ3n) is 2.79. The highest BCUT2D eigenvalue weighted by Gasteiger charge is 2.49. The summed E-state index contributed by atoms with van der Waals surface area (Å²) in [4.78, 5) is 0. The van der Waals surface area contributed by atoms with Crippen LogP contribution in [0.4, 0.5) is 0 Å². The van der Waals surface area contributed by atoms with Crippen LogP contribution in [0.3, 0.4) is 0 Å². The summed E-state index contributed by atoms with van der Waals surface area (Å²) in [5.74, 6) is 0.710. The first-order valence-corrected chi connectivity index (χ1v) is 3.81. The van der Waals surface area contributed by atoms with E-state index in [-0.39, 0.29) is 5.92 Å². The van der Waals surface area contributed by atoms with E-state index in [4.69, 9.17) is 10.5 Å². The number of fused-ring (bicyclic) bond motifs is 2. The summed E-state index contributed by atoms with van der Waals surface area (Å²) in [5, 5.41) is 17.7. The second kappa shape index (κ2) is 1.86. The monoisotopic (exact) mass is 144 g/mol. The first kappa shape index (κ1) is 6.43. The lowest BCUT2D eigenvalue weighted by Crippen LogP contribution is -2.21. The predicted molar refractivity (Wildman–Crippen MR) is 39.0 cm³/mol. The Kier molecular flexibility index (Phi) is 1.09. The molecule has 2 aliphatic rings. The van der Waals surface area contributed by atoms with E-state index in [0.29, 0.717) is 5.92 Å². The average Bonchev–Trinajstić information content (AvgIpc) is 2.62. The van der Waals surface area contributed by atoms with Crippen LogP contribution in [0.5, 0.6) is 0 Å². The molecule has 0 aromatic carbocycles. The van der Waals surface area contributed by atoms with Crippen molar-refractivity contribution in [1.82, 2.24) is 0 Å². The maximum Gasteiger partial charge on any atom is 0.150 e. The third-order valence-corrected chi connectivity index (χ3v) is 2.79. The number of nitriles is 2. The highest BCUT2D eigenvalue weighted by atomic mass is 14.5. The number of hydrogen-bond acceptors (Lipinski definition) is 2. The van der Waals surface area contributed by atoms with Crippen molar-refractivity contribution in [2.24, 2.45) is 17.3 Å². The van der Waals surface area contributed by atoms with Crippen LogP contribution in [0.2, 0.25) is 0 Å². The topological polar surface area (TPSA) is 47.6 Å². The molecule has 0 saturated heterocycles. The minimum absolute atomic E-state index is 0.211. The van der Waals surface area contributed by atoms with Gasteiger partial charge in [-0.05, 0) is 18.8 Å². The Labute approximate surface area is 65.7 Å². The van der Waals surface area contributed by atoms with Crippen LogP contribution >= 0.6 is 0 Å². The molecule has 54 valence electrons. The quantitative estimate of drug-likeness (QED) is 0.485. The fraction of sp³-hybridized carbons (Fsp3) is 0.556. The van der Waals surface area contributed by atoms with Crippen LogP contribution in [0, 0.1) is 39.9 Å². The Morgan fingerprint density at radius 2 is 2.00 bits per heavy atom. The molecular formula is C9H8N2. The zero-order valence-electron chi connectivity index (χ0n) is 6.12. The fourth-order valence-corrected chi connectivity index (χ4v) is 2.14. The van der Waals surface area contributed by atoms with Gasteiger partial charge in [-0.15, -0.1) is 0 Å². The van der Waals surface area contributed by atoms with Crippen molar-refractivity contribution in [3.05, 3.63) is 12.2 Å². The van der Waals surface area contributed by atoms with E-state index < -0.39 is 5.41 Å². The second-order valence-electron chi connectivity index (χ2n) is 3.39. The van der Waals surface area contributed by atoms with Gasteiger partial charge in [0.25, 0.3) is 0 Å². The standard InChI is InChI=1S/C9H8N2/c10-5-9(6-11)4-7-1-2-8(9)3-7/h1-2,7-8H,3-4H2. The van der Waals surface area contributed by atoms with Crippen molar-refractivity contribution in [3.8, 4) is 12.1 Å². The molecule has 0 aromatic rings. The summed E-state index contributed by atoms with van der Waals surface area (Å²) in [6, 6.07) is 4.29. The van der Waals surface area contributed by atoms with Crippen LogP contribution < -0.4 is 0 Å². The largest absolute Gasteiger partial charge is 0.197 e. The molecule has 0 heterocycles. The number of allylic oxidation sites excluding steroid dienone is 2. The van der Waals surface area contributed by atoms with Crippen molar-refractivity contribution >= 4 is 0 Å². The molecule has 0 aromatic heterocycles. The van der Waals surface area contributed by atoms with E-state index in [1.165, 1.54) is 0 Å². The summed E-state index contributed by atoms with van der Waals surface area (Å²) >= 11 is 0. The molecule has 1 saturated carbocycles. The molecule has 1 fully saturated rings. The van der Waals surface area contributed by atoms with Crippen LogP contribution in [0.1, 0.15) is 12.8 Å². The molecule has 2 heteroatoms. The molecule has 0 radical (unpaired) electrons. The number of nitrogens with zero attached hydrogens (tertiary/aromatic N) is 2. The zero-order valence-corrected chi connectivity index (χ0v) is 6.12. The van der Waals surface area contributed by atoms with Gasteiger partial charge in [-0.1, -0.05) is 12.2 Å². The summed E-state index contributed by atoms with van der Waals surface area (Å²) in [6.45, 7) is 0. The second-order valence-corrected chi connectivity index (χ2v) is 3.39. The van der Waals surface area contributed by atoms with Crippen molar-refractivity contribution < 1.29 is 0 Å². The van der Waals surface area contributed by atoms with Crippen LogP contribution in [0.15, 0.2) is 12.2 Å². The van der Waals surface area contributed by atoms with Crippen molar-refractivity contribution in [2.75, 3.05) is 0 Å². The maximum atomic E-state index is 8.83. The zero-order chi connectivity index (χ0) is 7.90. The van der Waals surface area contributed by atoms with Gasteiger partial charge >= 0.3 is 0 Å². The molecule has 2 aliphatic carbocycles. The van der Waals surface area contributed by atoms with E-state index in [9.17, 15) is 0 Å². The third kappa shape index (κ3) is 0.644. The van der Waals surface area contributed by atoms with Gasteiger partial charge in [0, 0.05) is 5.92 Å². The first-order valence-electron chi connectivity index (χ1n) is 3.81. The highest BCUT2D eigenvalue weighted by molar-refractivity contribution is 5.29. The predicted octanol–water partition coefficient (Wildman–Crippen LogP) is 1.62. The summed E-state index contributed by atoms with van der Waals surface area (Å²) in [7, 11) is 0. The van der Waals surface area contributed by atoms with Crippen molar-refractivity contribution in [3.63, 3.8) is 0 Å². The Morgan fingerprint density at radius 3 is 2.27 bits per heavy atom. The SMILES string of the molecule is N#CC1(C#N)CC2C=CC1C2. The van der Waals surface area contributed by atoms with Crippen LogP contribution in [-0.2, 0) is 0 Å². The van der Waals surface area contributed by atoms with Gasteiger partial charge in [0.15, 0.2) is 5.41 Å². The molecule has 2 atom stereocenters. The van der Waals surface area contributed by atoms with E-state index in [2.05, 4.69) is 18.2 Å². The number of hydrogen-bond donors (Lipinski definition) is 0. The van der Waals surface area contributed by atoms with Gasteiger partial charge in [0.1, 0.15) is 0 Å². The minimum Gasteiger partial charge on any atom is -0.197 e. The number of rotatable bonds is 0. The average molecular weight is 144 g/mol. The molecule has 2 bridgehead atoms. The Balaban J connectivity index is 2.40. The van der Waals surface area contributed by atoms with Gasteiger partial charge in [0.2, 0.25) is 0 Å². The van der Waals surface area contributed by atoms with Gasteiger partial charge in [-0.3, -0.25) is 0 Å². The lowest BCUT2D eigenvalue weighted by molar-refractivity contribution is 0.436. The van der Waals surface area contributed by atoms with Gasteiger partial charge in [-0.25, -0.2) is 0 Å². The molecular weight excluding hydrogens is 136 g/mol. The van der Waals surface area contributed by atoms with E-state index in [0.717, 1.165) is 12.8 Å².